The number of benzene rings is 1. The van der Waals surface area contributed by atoms with Gasteiger partial charge >= 0.3 is 18.1 Å². The van der Waals surface area contributed by atoms with E-state index in [9.17, 15) is 19.5 Å². The van der Waals surface area contributed by atoms with Gasteiger partial charge in [0, 0.05) is 12.8 Å². The number of hydrogen-bond acceptors (Lipinski definition) is 8. The number of ether oxygens (including phenoxy) is 4. The van der Waals surface area contributed by atoms with Gasteiger partial charge in [0.25, 0.3) is 0 Å². The summed E-state index contributed by atoms with van der Waals surface area (Å²) in [4.78, 5) is 36.7. The first kappa shape index (κ1) is 31.4. The van der Waals surface area contributed by atoms with Crippen molar-refractivity contribution in [3.63, 3.8) is 0 Å². The van der Waals surface area contributed by atoms with Crippen LogP contribution in [0.15, 0.2) is 24.3 Å². The van der Waals surface area contributed by atoms with Crippen molar-refractivity contribution in [3.05, 3.63) is 24.3 Å². The van der Waals surface area contributed by atoms with Crippen molar-refractivity contribution in [2.24, 2.45) is 0 Å². The maximum absolute atomic E-state index is 12.4. The predicted octanol–water partition coefficient (Wildman–Crippen LogP) is 7.40. The van der Waals surface area contributed by atoms with E-state index >= 15 is 0 Å². The number of esters is 2. The second-order valence-electron chi connectivity index (χ2n) is 10.1. The van der Waals surface area contributed by atoms with Crippen LogP contribution in [-0.4, -0.2) is 42.5 Å². The van der Waals surface area contributed by atoms with E-state index in [1.54, 1.807) is 12.1 Å². The van der Waals surface area contributed by atoms with E-state index < -0.39 is 18.2 Å². The Kier molecular flexibility index (Phi) is 16.7. The Morgan fingerprint density at radius 3 is 1.74 bits per heavy atom. The van der Waals surface area contributed by atoms with Crippen molar-refractivity contribution in [2.45, 2.75) is 122 Å². The molecule has 2 rings (SSSR count). The average molecular weight is 535 g/mol. The Labute approximate surface area is 227 Å². The summed E-state index contributed by atoms with van der Waals surface area (Å²) in [6, 6.07) is 6.00. The molecule has 1 aliphatic rings. The molecule has 1 aliphatic heterocycles. The van der Waals surface area contributed by atoms with Crippen molar-refractivity contribution >= 4 is 18.1 Å². The molecular weight excluding hydrogens is 488 g/mol. The fourth-order valence-electron chi connectivity index (χ4n) is 4.46. The summed E-state index contributed by atoms with van der Waals surface area (Å²) in [5.41, 5.74) is 0. The van der Waals surface area contributed by atoms with Crippen LogP contribution >= 0.6 is 0 Å². The highest BCUT2D eigenvalue weighted by molar-refractivity contribution is 5.70. The third-order valence-corrected chi connectivity index (χ3v) is 6.69. The Morgan fingerprint density at radius 2 is 1.21 bits per heavy atom. The zero-order chi connectivity index (χ0) is 27.3. The van der Waals surface area contributed by atoms with Gasteiger partial charge in [-0.1, -0.05) is 102 Å². The number of phenols is 1. The number of para-hydroxylation sites is 2. The summed E-state index contributed by atoms with van der Waals surface area (Å²) >= 11 is 0. The highest BCUT2D eigenvalue weighted by Gasteiger charge is 2.20. The third-order valence-electron chi connectivity index (χ3n) is 6.69. The molecule has 8 heteroatoms. The molecule has 38 heavy (non-hydrogen) atoms. The third kappa shape index (κ3) is 15.5. The molecule has 214 valence electrons. The Hall–Kier alpha value is -2.77. The van der Waals surface area contributed by atoms with Gasteiger partial charge in [-0.25, -0.2) is 4.79 Å². The van der Waals surface area contributed by atoms with Gasteiger partial charge in [0.1, 0.15) is 13.2 Å². The number of rotatable bonds is 3. The molecule has 0 aromatic heterocycles. The van der Waals surface area contributed by atoms with Gasteiger partial charge in [0.2, 0.25) is 0 Å². The van der Waals surface area contributed by atoms with E-state index in [0.717, 1.165) is 38.5 Å². The summed E-state index contributed by atoms with van der Waals surface area (Å²) in [6.07, 6.45) is 16.9. The molecule has 1 aromatic rings. The summed E-state index contributed by atoms with van der Waals surface area (Å²) in [5.74, 6) is -1.03. The van der Waals surface area contributed by atoms with Crippen molar-refractivity contribution in [1.29, 1.82) is 0 Å². The zero-order valence-corrected chi connectivity index (χ0v) is 22.8. The molecule has 1 N–H and O–H groups in total. The standard InChI is InChI=1S/C30H46O8/c31-26-19-17-18-20-27(26)38-30(34)36-24-25-23-35-28(32)21-15-13-11-9-7-5-3-1-2-4-6-8-10-12-14-16-22-29(33)37-25/h17-20,25,31H,1-16,21-24H2. The van der Waals surface area contributed by atoms with Crippen LogP contribution in [0.5, 0.6) is 11.5 Å². The van der Waals surface area contributed by atoms with E-state index in [1.807, 2.05) is 0 Å². The van der Waals surface area contributed by atoms with Gasteiger partial charge in [-0.3, -0.25) is 9.59 Å². The second-order valence-corrected chi connectivity index (χ2v) is 10.1. The average Bonchev–Trinajstić information content (AvgIpc) is 2.90. The molecule has 1 atom stereocenters. The summed E-state index contributed by atoms with van der Waals surface area (Å²) in [7, 11) is 0. The second kappa shape index (κ2) is 20.2. The monoisotopic (exact) mass is 534 g/mol. The topological polar surface area (TPSA) is 108 Å². The normalized spacial score (nSPS) is 20.8. The molecule has 0 amide bonds. The van der Waals surface area contributed by atoms with Crippen LogP contribution in [0.1, 0.15) is 116 Å². The molecule has 1 fully saturated rings. The van der Waals surface area contributed by atoms with Crippen molar-refractivity contribution in [1.82, 2.24) is 0 Å². The van der Waals surface area contributed by atoms with E-state index in [1.165, 1.54) is 76.3 Å². The van der Waals surface area contributed by atoms with Crippen molar-refractivity contribution < 1.29 is 38.4 Å². The lowest BCUT2D eigenvalue weighted by Gasteiger charge is -2.18. The lowest BCUT2D eigenvalue weighted by atomic mass is 10.0. The van der Waals surface area contributed by atoms with E-state index in [4.69, 9.17) is 18.9 Å². The molecule has 0 aliphatic carbocycles. The Balaban J connectivity index is 1.82. The molecule has 0 bridgehead atoms. The van der Waals surface area contributed by atoms with Gasteiger partial charge in [-0.15, -0.1) is 0 Å². The highest BCUT2D eigenvalue weighted by atomic mass is 16.7. The number of cyclic esters (lactones) is 2. The van der Waals surface area contributed by atoms with Gasteiger partial charge in [0.15, 0.2) is 17.6 Å². The molecule has 0 saturated carbocycles. The molecule has 1 aromatic carbocycles. The minimum absolute atomic E-state index is 0.0466. The first-order valence-corrected chi connectivity index (χ1v) is 14.5. The quantitative estimate of drug-likeness (QED) is 0.243. The van der Waals surface area contributed by atoms with Crippen LogP contribution < -0.4 is 4.74 Å². The molecular formula is C30H46O8. The van der Waals surface area contributed by atoms with E-state index in [-0.39, 0.29) is 37.1 Å². The lowest BCUT2D eigenvalue weighted by Crippen LogP contribution is -2.31. The van der Waals surface area contributed by atoms with Crippen LogP contribution in [0.3, 0.4) is 0 Å². The van der Waals surface area contributed by atoms with Gasteiger partial charge in [-0.2, -0.15) is 0 Å². The molecule has 0 radical (unpaired) electrons. The number of hydrogen-bond donors (Lipinski definition) is 1. The minimum atomic E-state index is -1.06. The fourth-order valence-corrected chi connectivity index (χ4v) is 4.46. The summed E-state index contributed by atoms with van der Waals surface area (Å²) in [6.45, 7) is -0.528. The zero-order valence-electron chi connectivity index (χ0n) is 22.8. The fraction of sp³-hybridized carbons (Fsp3) is 0.700. The van der Waals surface area contributed by atoms with Gasteiger partial charge in [0.05, 0.1) is 0 Å². The molecule has 1 saturated heterocycles. The molecule has 1 unspecified atom stereocenters. The van der Waals surface area contributed by atoms with Gasteiger partial charge < -0.3 is 24.1 Å². The minimum Gasteiger partial charge on any atom is -0.504 e. The molecule has 1 heterocycles. The van der Waals surface area contributed by atoms with E-state index in [2.05, 4.69) is 0 Å². The van der Waals surface area contributed by atoms with Crippen LogP contribution in [0.25, 0.3) is 0 Å². The number of carbonyl (C=O) groups is 3. The molecule has 0 spiro atoms. The molecule has 8 nitrogen and oxygen atoms in total. The summed E-state index contributed by atoms with van der Waals surface area (Å²) < 4.78 is 20.9. The largest absolute Gasteiger partial charge is 0.514 e. The van der Waals surface area contributed by atoms with Crippen LogP contribution in [0.2, 0.25) is 0 Å². The highest BCUT2D eigenvalue weighted by Crippen LogP contribution is 2.24. The first-order chi connectivity index (χ1) is 18.5. The maximum Gasteiger partial charge on any atom is 0.514 e. The predicted molar refractivity (Wildman–Crippen MR) is 144 cm³/mol. The van der Waals surface area contributed by atoms with Crippen LogP contribution in [0, 0.1) is 0 Å². The van der Waals surface area contributed by atoms with Crippen LogP contribution in [-0.2, 0) is 23.8 Å². The Bertz CT molecular complexity index is 809. The number of aromatic hydroxyl groups is 1. The van der Waals surface area contributed by atoms with E-state index in [0.29, 0.717) is 6.42 Å². The maximum atomic E-state index is 12.4. The summed E-state index contributed by atoms with van der Waals surface area (Å²) in [5, 5.41) is 9.75. The SMILES string of the molecule is O=C1CCCCCCCCCCCCCCCCCCC(=O)OC(COC(=O)Oc2ccccc2O)CO1. The number of phenolic OH excluding ortho intramolecular Hbond substituents is 1. The van der Waals surface area contributed by atoms with Gasteiger partial charge in [-0.05, 0) is 25.0 Å². The van der Waals surface area contributed by atoms with Crippen LogP contribution in [0.4, 0.5) is 4.79 Å². The number of carbonyl (C=O) groups excluding carboxylic acids is 3. The van der Waals surface area contributed by atoms with Crippen molar-refractivity contribution in [2.75, 3.05) is 13.2 Å². The lowest BCUT2D eigenvalue weighted by molar-refractivity contribution is -0.161. The Morgan fingerprint density at radius 1 is 0.737 bits per heavy atom. The smallest absolute Gasteiger partial charge is 0.504 e. The first-order valence-electron chi connectivity index (χ1n) is 14.5. The van der Waals surface area contributed by atoms with Crippen molar-refractivity contribution in [3.8, 4) is 11.5 Å².